The van der Waals surface area contributed by atoms with Gasteiger partial charge in [-0.1, -0.05) is 40.9 Å². The predicted octanol–water partition coefficient (Wildman–Crippen LogP) is 2.79. The number of thiocarbonyl (C=S) groups is 1. The molecule has 0 aliphatic carbocycles. The second kappa shape index (κ2) is 6.38. The molecule has 0 aliphatic rings. The summed E-state index contributed by atoms with van der Waals surface area (Å²) in [7, 11) is 0. The van der Waals surface area contributed by atoms with Crippen molar-refractivity contribution in [3.63, 3.8) is 0 Å². The van der Waals surface area contributed by atoms with Gasteiger partial charge in [0.1, 0.15) is 0 Å². The molecule has 97 valence electrons. The van der Waals surface area contributed by atoms with Gasteiger partial charge >= 0.3 is 0 Å². The first-order valence-corrected chi connectivity index (χ1v) is 6.13. The van der Waals surface area contributed by atoms with Gasteiger partial charge in [-0.25, -0.2) is 0 Å². The highest BCUT2D eigenvalue weighted by Gasteiger charge is 2.20. The van der Waals surface area contributed by atoms with E-state index in [4.69, 9.17) is 52.9 Å². The Kier molecular flexibility index (Phi) is 5.40. The Morgan fingerprint density at radius 3 is 2.67 bits per heavy atom. The average Bonchev–Trinajstić information content (AvgIpc) is 2.26. The largest absolute Gasteiger partial charge is 0.353 e. The average molecular weight is 328 g/mol. The maximum Gasteiger partial charge on any atom is 0.293 e. The Balaban J connectivity index is 2.59. The lowest BCUT2D eigenvalue weighted by Crippen LogP contribution is -2.30. The minimum absolute atomic E-state index is 0.216. The highest BCUT2D eigenvalue weighted by molar-refractivity contribution is 7.80. The molecule has 0 heterocycles. The molecule has 1 aromatic rings. The van der Waals surface area contributed by atoms with Gasteiger partial charge in [-0.15, -0.1) is 0 Å². The first-order chi connectivity index (χ1) is 8.28. The van der Waals surface area contributed by atoms with Crippen molar-refractivity contribution in [2.24, 2.45) is 5.84 Å². The van der Waals surface area contributed by atoms with Gasteiger partial charge in [0.2, 0.25) is 3.79 Å². The van der Waals surface area contributed by atoms with Crippen LogP contribution in [0.15, 0.2) is 24.3 Å². The molecule has 0 aromatic heterocycles. The number of nitrogens with one attached hydrogen (secondary N) is 2. The summed E-state index contributed by atoms with van der Waals surface area (Å²) in [5.74, 6) is 5.07. The summed E-state index contributed by atoms with van der Waals surface area (Å²) >= 11 is 21.5. The SMILES string of the molecule is N[N+](=O)c1cccc(NC(=S)N[CH]C(Cl)(Cl)Cl)c1. The fourth-order valence-electron chi connectivity index (χ4n) is 1.04. The molecule has 0 fully saturated rings. The third-order valence-electron chi connectivity index (χ3n) is 1.73. The molecule has 9 heteroatoms. The predicted molar refractivity (Wildman–Crippen MR) is 77.9 cm³/mol. The van der Waals surface area contributed by atoms with E-state index < -0.39 is 3.79 Å². The molecule has 0 amide bonds. The zero-order valence-corrected chi connectivity index (χ0v) is 11.9. The second-order valence-corrected chi connectivity index (χ2v) is 5.94. The van der Waals surface area contributed by atoms with Gasteiger partial charge < -0.3 is 10.6 Å². The summed E-state index contributed by atoms with van der Waals surface area (Å²) in [6.45, 7) is 1.19. The van der Waals surface area contributed by atoms with E-state index in [0.29, 0.717) is 5.69 Å². The van der Waals surface area contributed by atoms with Crippen molar-refractivity contribution in [2.45, 2.75) is 3.79 Å². The van der Waals surface area contributed by atoms with Crippen LogP contribution in [-0.4, -0.2) is 13.8 Å². The Hall–Kier alpha value is -0.820. The first kappa shape index (κ1) is 15.2. The molecule has 0 unspecified atom stereocenters. The molecular formula is C9H9Cl3N4OS+. The Labute approximate surface area is 124 Å². The zero-order chi connectivity index (χ0) is 13.8. The Morgan fingerprint density at radius 2 is 2.11 bits per heavy atom. The Bertz CT molecular complexity index is 463. The fourth-order valence-corrected chi connectivity index (χ4v) is 1.38. The van der Waals surface area contributed by atoms with E-state index in [0.717, 1.165) is 0 Å². The number of nitrogens with two attached hydrogens (primary N) is 1. The third-order valence-corrected chi connectivity index (χ3v) is 2.27. The van der Waals surface area contributed by atoms with Crippen LogP contribution >= 0.6 is 47.0 Å². The number of hydrogen-bond acceptors (Lipinski definition) is 2. The topological polar surface area (TPSA) is 70.2 Å². The van der Waals surface area contributed by atoms with E-state index >= 15 is 0 Å². The van der Waals surface area contributed by atoms with Crippen molar-refractivity contribution in [3.05, 3.63) is 35.7 Å². The van der Waals surface area contributed by atoms with Crippen molar-refractivity contribution < 1.29 is 4.87 Å². The standard InChI is InChI=1S/C9H8Cl3N4OS/c10-9(11,12)5-14-8(18)15-6-2-1-3-7(4-6)16(13)17/h1-5H,(H3-,13,14,15,17,18)/p+1. The Morgan fingerprint density at radius 1 is 1.44 bits per heavy atom. The smallest absolute Gasteiger partial charge is 0.293 e. The molecule has 0 aliphatic heterocycles. The molecule has 1 aromatic carbocycles. The number of benzene rings is 1. The van der Waals surface area contributed by atoms with Crippen LogP contribution in [0.3, 0.4) is 0 Å². The van der Waals surface area contributed by atoms with E-state index in [9.17, 15) is 4.91 Å². The van der Waals surface area contributed by atoms with Gasteiger partial charge in [0.05, 0.1) is 11.5 Å². The number of hydrogen-bond donors (Lipinski definition) is 3. The number of rotatable bonds is 3. The number of alkyl halides is 3. The van der Waals surface area contributed by atoms with Crippen LogP contribution in [0.5, 0.6) is 0 Å². The molecule has 0 spiro atoms. The molecule has 0 saturated carbocycles. The maximum atomic E-state index is 10.9. The van der Waals surface area contributed by atoms with E-state index in [1.807, 2.05) is 0 Å². The zero-order valence-electron chi connectivity index (χ0n) is 8.86. The van der Waals surface area contributed by atoms with E-state index in [2.05, 4.69) is 10.6 Å². The van der Waals surface area contributed by atoms with E-state index in [1.165, 1.54) is 12.6 Å². The fraction of sp³-hybridized carbons (Fsp3) is 0.111. The van der Waals surface area contributed by atoms with Crippen LogP contribution in [0.25, 0.3) is 0 Å². The van der Waals surface area contributed by atoms with Crippen molar-refractivity contribution >= 4 is 63.5 Å². The second-order valence-electron chi connectivity index (χ2n) is 3.16. The molecule has 5 nitrogen and oxygen atoms in total. The number of anilines is 1. The van der Waals surface area contributed by atoms with Gasteiger partial charge in [0.25, 0.3) is 5.69 Å². The summed E-state index contributed by atoms with van der Waals surface area (Å²) in [6, 6.07) is 6.44. The summed E-state index contributed by atoms with van der Waals surface area (Å²) in [6.07, 6.45) is 0. The van der Waals surface area contributed by atoms with Crippen LogP contribution in [0.2, 0.25) is 0 Å². The number of nitrogens with zero attached hydrogens (tertiary/aromatic N) is 1. The molecule has 4 N–H and O–H groups in total. The molecule has 0 bridgehead atoms. The van der Waals surface area contributed by atoms with Crippen molar-refractivity contribution in [2.75, 3.05) is 5.32 Å². The lowest BCUT2D eigenvalue weighted by atomic mass is 10.3. The molecule has 1 rings (SSSR count). The number of halogens is 3. The maximum absolute atomic E-state index is 10.9. The van der Waals surface area contributed by atoms with Crippen LogP contribution in [0.1, 0.15) is 0 Å². The molecule has 0 atom stereocenters. The van der Waals surface area contributed by atoms with Crippen molar-refractivity contribution in [1.29, 1.82) is 0 Å². The minimum atomic E-state index is -1.56. The quantitative estimate of drug-likeness (QED) is 0.262. The van der Waals surface area contributed by atoms with Gasteiger partial charge in [-0.3, -0.25) is 0 Å². The lowest BCUT2D eigenvalue weighted by molar-refractivity contribution is -0.474. The van der Waals surface area contributed by atoms with Crippen LogP contribution < -0.4 is 16.5 Å². The lowest BCUT2D eigenvalue weighted by Gasteiger charge is -2.13. The number of nitroso groups, excluding NO2 is 1. The highest BCUT2D eigenvalue weighted by Crippen LogP contribution is 2.27. The van der Waals surface area contributed by atoms with Crippen molar-refractivity contribution in [1.82, 2.24) is 5.32 Å². The third kappa shape index (κ3) is 5.68. The summed E-state index contributed by atoms with van der Waals surface area (Å²) in [4.78, 5) is 11.1. The number of hydrazine groups is 1. The molecule has 1 radical (unpaired) electrons. The highest BCUT2D eigenvalue weighted by atomic mass is 35.6. The van der Waals surface area contributed by atoms with Gasteiger partial charge in [0.15, 0.2) is 9.98 Å². The van der Waals surface area contributed by atoms with Crippen molar-refractivity contribution in [3.8, 4) is 0 Å². The van der Waals surface area contributed by atoms with Crippen LogP contribution in [0.4, 0.5) is 11.4 Å². The van der Waals surface area contributed by atoms with Gasteiger partial charge in [-0.2, -0.15) is 5.84 Å². The molecule has 18 heavy (non-hydrogen) atoms. The van der Waals surface area contributed by atoms with Crippen LogP contribution in [-0.2, 0) is 0 Å². The molecular weight excluding hydrogens is 319 g/mol. The summed E-state index contributed by atoms with van der Waals surface area (Å²) in [5, 5.41) is 5.61. The van der Waals surface area contributed by atoms with Gasteiger partial charge in [-0.05, 0) is 18.3 Å². The van der Waals surface area contributed by atoms with Gasteiger partial charge in [0, 0.05) is 17.8 Å². The summed E-state index contributed by atoms with van der Waals surface area (Å²) in [5.41, 5.74) is 0.863. The normalized spacial score (nSPS) is 10.8. The van der Waals surface area contributed by atoms with E-state index in [-0.39, 0.29) is 15.7 Å². The van der Waals surface area contributed by atoms with Crippen LogP contribution in [0, 0.1) is 11.5 Å². The summed E-state index contributed by atoms with van der Waals surface area (Å²) < 4.78 is -1.56. The molecule has 0 saturated heterocycles. The monoisotopic (exact) mass is 326 g/mol. The first-order valence-electron chi connectivity index (χ1n) is 4.58. The minimum Gasteiger partial charge on any atom is -0.353 e. The van der Waals surface area contributed by atoms with E-state index in [1.54, 1.807) is 18.2 Å².